The third-order valence-corrected chi connectivity index (χ3v) is 4.50. The Balaban J connectivity index is 1.58. The summed E-state index contributed by atoms with van der Waals surface area (Å²) < 4.78 is 5.43. The second kappa shape index (κ2) is 9.72. The quantitative estimate of drug-likeness (QED) is 0.666. The van der Waals surface area contributed by atoms with E-state index >= 15 is 0 Å². The lowest BCUT2D eigenvalue weighted by molar-refractivity contribution is -0.182. The fourth-order valence-corrected chi connectivity index (χ4v) is 3.15. The van der Waals surface area contributed by atoms with Crippen molar-refractivity contribution >= 4 is 5.69 Å². The molecule has 140 valence electrons. The van der Waals surface area contributed by atoms with Crippen LogP contribution in [0.2, 0.25) is 0 Å². The molecule has 0 saturated carbocycles. The Bertz CT molecular complexity index is 637. The van der Waals surface area contributed by atoms with Gasteiger partial charge < -0.3 is 9.64 Å². The highest BCUT2D eigenvalue weighted by molar-refractivity contribution is 5.47. The Labute approximate surface area is 157 Å². The Hall–Kier alpha value is -1.88. The van der Waals surface area contributed by atoms with Gasteiger partial charge in [0.05, 0.1) is 19.8 Å². The molecule has 3 rings (SSSR count). The standard InChI is InChI=1S/C22H30N2O2/c1-19(2)16-24(26-18-21-6-4-3-5-7-21)17-20-8-10-22(11-9-20)23-12-14-25-15-13-23/h3-11,19H,12-18H2,1-2H3. The van der Waals surface area contributed by atoms with Crippen LogP contribution in [0.25, 0.3) is 0 Å². The maximum absolute atomic E-state index is 6.10. The largest absolute Gasteiger partial charge is 0.378 e. The van der Waals surface area contributed by atoms with Crippen LogP contribution in [0, 0.1) is 5.92 Å². The zero-order chi connectivity index (χ0) is 18.2. The van der Waals surface area contributed by atoms with E-state index in [1.54, 1.807) is 0 Å². The Kier molecular flexibility index (Phi) is 7.06. The molecule has 4 heteroatoms. The molecule has 0 atom stereocenters. The number of rotatable bonds is 8. The van der Waals surface area contributed by atoms with E-state index in [9.17, 15) is 0 Å². The summed E-state index contributed by atoms with van der Waals surface area (Å²) in [7, 11) is 0. The van der Waals surface area contributed by atoms with E-state index in [1.165, 1.54) is 16.8 Å². The molecule has 0 bridgehead atoms. The molecule has 0 radical (unpaired) electrons. The minimum atomic E-state index is 0.554. The van der Waals surface area contributed by atoms with Crippen molar-refractivity contribution in [1.82, 2.24) is 5.06 Å². The molecule has 1 aliphatic rings. The number of nitrogens with zero attached hydrogens (tertiary/aromatic N) is 2. The fraction of sp³-hybridized carbons (Fsp3) is 0.455. The first-order valence-electron chi connectivity index (χ1n) is 9.54. The zero-order valence-corrected chi connectivity index (χ0v) is 15.9. The first kappa shape index (κ1) is 18.9. The maximum atomic E-state index is 6.10. The summed E-state index contributed by atoms with van der Waals surface area (Å²) in [5.41, 5.74) is 3.75. The summed E-state index contributed by atoms with van der Waals surface area (Å²) in [6.07, 6.45) is 0. The van der Waals surface area contributed by atoms with Crippen molar-refractivity contribution in [3.63, 3.8) is 0 Å². The predicted molar refractivity (Wildman–Crippen MR) is 106 cm³/mol. The van der Waals surface area contributed by atoms with Crippen molar-refractivity contribution in [2.75, 3.05) is 37.7 Å². The van der Waals surface area contributed by atoms with E-state index < -0.39 is 0 Å². The molecule has 2 aromatic carbocycles. The molecule has 0 N–H and O–H groups in total. The van der Waals surface area contributed by atoms with Gasteiger partial charge in [-0.2, -0.15) is 5.06 Å². The van der Waals surface area contributed by atoms with E-state index in [1.807, 2.05) is 6.07 Å². The first-order valence-corrected chi connectivity index (χ1v) is 9.54. The minimum absolute atomic E-state index is 0.554. The molecule has 1 heterocycles. The van der Waals surface area contributed by atoms with Crippen LogP contribution in [0.4, 0.5) is 5.69 Å². The van der Waals surface area contributed by atoms with Gasteiger partial charge in [-0.25, -0.2) is 0 Å². The molecule has 0 aliphatic carbocycles. The SMILES string of the molecule is CC(C)CN(Cc1ccc(N2CCOCC2)cc1)OCc1ccccc1. The van der Waals surface area contributed by atoms with Crippen LogP contribution in [0.15, 0.2) is 54.6 Å². The second-order valence-corrected chi connectivity index (χ2v) is 7.24. The van der Waals surface area contributed by atoms with Gasteiger partial charge in [-0.3, -0.25) is 4.84 Å². The molecule has 0 amide bonds. The van der Waals surface area contributed by atoms with Crippen molar-refractivity contribution < 1.29 is 9.57 Å². The van der Waals surface area contributed by atoms with Gasteiger partial charge in [-0.05, 0) is 29.2 Å². The highest BCUT2D eigenvalue weighted by Gasteiger charge is 2.13. The smallest absolute Gasteiger partial charge is 0.0936 e. The summed E-state index contributed by atoms with van der Waals surface area (Å²) in [6, 6.07) is 19.2. The van der Waals surface area contributed by atoms with Crippen LogP contribution in [0.3, 0.4) is 0 Å². The van der Waals surface area contributed by atoms with Crippen LogP contribution in [-0.4, -0.2) is 37.9 Å². The van der Waals surface area contributed by atoms with Crippen molar-refractivity contribution in [3.8, 4) is 0 Å². The van der Waals surface area contributed by atoms with E-state index in [0.717, 1.165) is 39.4 Å². The molecule has 1 saturated heterocycles. The van der Waals surface area contributed by atoms with E-state index in [-0.39, 0.29) is 0 Å². The zero-order valence-electron chi connectivity index (χ0n) is 15.9. The summed E-state index contributed by atoms with van der Waals surface area (Å²) in [4.78, 5) is 8.48. The van der Waals surface area contributed by atoms with Gasteiger partial charge in [-0.1, -0.05) is 56.3 Å². The topological polar surface area (TPSA) is 24.9 Å². The number of morpholine rings is 1. The third kappa shape index (κ3) is 5.84. The average molecular weight is 354 g/mol. The lowest BCUT2D eigenvalue weighted by Crippen LogP contribution is -2.36. The van der Waals surface area contributed by atoms with Crippen molar-refractivity contribution in [1.29, 1.82) is 0 Å². The van der Waals surface area contributed by atoms with Gasteiger partial charge in [0.15, 0.2) is 0 Å². The van der Waals surface area contributed by atoms with Crippen LogP contribution < -0.4 is 4.90 Å². The highest BCUT2D eigenvalue weighted by Crippen LogP contribution is 2.18. The number of ether oxygens (including phenoxy) is 1. The highest BCUT2D eigenvalue weighted by atomic mass is 16.7. The molecular weight excluding hydrogens is 324 g/mol. The predicted octanol–water partition coefficient (Wildman–Crippen LogP) is 4.11. The van der Waals surface area contributed by atoms with Gasteiger partial charge >= 0.3 is 0 Å². The fourth-order valence-electron chi connectivity index (χ4n) is 3.15. The normalized spacial score (nSPS) is 15.0. The van der Waals surface area contributed by atoms with Gasteiger partial charge in [-0.15, -0.1) is 0 Å². The summed E-state index contributed by atoms with van der Waals surface area (Å²) >= 11 is 0. The molecular formula is C22H30N2O2. The van der Waals surface area contributed by atoms with Gasteiger partial charge in [0.2, 0.25) is 0 Å². The molecule has 0 unspecified atom stereocenters. The van der Waals surface area contributed by atoms with E-state index in [0.29, 0.717) is 12.5 Å². The van der Waals surface area contributed by atoms with Crippen molar-refractivity contribution in [2.24, 2.45) is 5.92 Å². The molecule has 4 nitrogen and oxygen atoms in total. The van der Waals surface area contributed by atoms with Gasteiger partial charge in [0.1, 0.15) is 0 Å². The first-order chi connectivity index (χ1) is 12.7. The lowest BCUT2D eigenvalue weighted by Gasteiger charge is -2.29. The second-order valence-electron chi connectivity index (χ2n) is 7.24. The molecule has 26 heavy (non-hydrogen) atoms. The lowest BCUT2D eigenvalue weighted by atomic mass is 10.1. The number of anilines is 1. The van der Waals surface area contributed by atoms with Crippen LogP contribution in [-0.2, 0) is 22.7 Å². The molecule has 0 spiro atoms. The van der Waals surface area contributed by atoms with Gasteiger partial charge in [0.25, 0.3) is 0 Å². The summed E-state index contributed by atoms with van der Waals surface area (Å²) in [5, 5.41) is 2.08. The molecule has 2 aromatic rings. The Morgan fingerprint density at radius 3 is 2.31 bits per heavy atom. The summed E-state index contributed by atoms with van der Waals surface area (Å²) in [6.45, 7) is 10.3. The maximum Gasteiger partial charge on any atom is 0.0936 e. The van der Waals surface area contributed by atoms with E-state index in [2.05, 4.69) is 72.3 Å². The Morgan fingerprint density at radius 1 is 0.962 bits per heavy atom. The molecule has 1 aliphatic heterocycles. The third-order valence-electron chi connectivity index (χ3n) is 4.50. The van der Waals surface area contributed by atoms with Crippen LogP contribution in [0.5, 0.6) is 0 Å². The number of hydrogen-bond donors (Lipinski definition) is 0. The monoisotopic (exact) mass is 354 g/mol. The minimum Gasteiger partial charge on any atom is -0.378 e. The average Bonchev–Trinajstić information content (AvgIpc) is 2.68. The van der Waals surface area contributed by atoms with Crippen LogP contribution in [0.1, 0.15) is 25.0 Å². The summed E-state index contributed by atoms with van der Waals surface area (Å²) in [5.74, 6) is 0.554. The van der Waals surface area contributed by atoms with Crippen molar-refractivity contribution in [3.05, 3.63) is 65.7 Å². The number of hydroxylamine groups is 2. The van der Waals surface area contributed by atoms with Crippen molar-refractivity contribution in [2.45, 2.75) is 27.0 Å². The van der Waals surface area contributed by atoms with Gasteiger partial charge in [0, 0.05) is 31.9 Å². The molecule has 1 fully saturated rings. The van der Waals surface area contributed by atoms with E-state index in [4.69, 9.17) is 9.57 Å². The number of benzene rings is 2. The van der Waals surface area contributed by atoms with Crippen LogP contribution >= 0.6 is 0 Å². The number of hydrogen-bond acceptors (Lipinski definition) is 4. The molecule has 0 aromatic heterocycles. The Morgan fingerprint density at radius 2 is 1.65 bits per heavy atom.